The number of para-hydroxylation sites is 1. The van der Waals surface area contributed by atoms with Gasteiger partial charge >= 0.3 is 0 Å². The van der Waals surface area contributed by atoms with E-state index in [0.29, 0.717) is 6.54 Å². The van der Waals surface area contributed by atoms with Crippen molar-refractivity contribution in [1.82, 2.24) is 30.5 Å². The maximum absolute atomic E-state index is 4.14. The maximum atomic E-state index is 4.14. The van der Waals surface area contributed by atoms with Gasteiger partial charge in [0.1, 0.15) is 0 Å². The summed E-state index contributed by atoms with van der Waals surface area (Å²) in [6.07, 6.45) is 3.68. The molecule has 3 rings (SSSR count). The van der Waals surface area contributed by atoms with E-state index in [1.165, 1.54) is 11.1 Å². The molecule has 0 radical (unpaired) electrons. The van der Waals surface area contributed by atoms with Crippen LogP contribution < -0.4 is 5.32 Å². The Morgan fingerprint density at radius 1 is 1.10 bits per heavy atom. The van der Waals surface area contributed by atoms with Crippen molar-refractivity contribution >= 4 is 0 Å². The van der Waals surface area contributed by atoms with Gasteiger partial charge in [0.15, 0.2) is 5.82 Å². The Kier molecular flexibility index (Phi) is 3.97. The molecule has 6 heteroatoms. The van der Waals surface area contributed by atoms with E-state index in [-0.39, 0.29) is 0 Å². The highest BCUT2D eigenvalue weighted by molar-refractivity contribution is 5.30. The van der Waals surface area contributed by atoms with Gasteiger partial charge in [0.05, 0.1) is 12.2 Å². The van der Waals surface area contributed by atoms with Crippen molar-refractivity contribution in [3.63, 3.8) is 0 Å². The van der Waals surface area contributed by atoms with E-state index >= 15 is 0 Å². The van der Waals surface area contributed by atoms with Gasteiger partial charge in [0.2, 0.25) is 0 Å². The van der Waals surface area contributed by atoms with E-state index in [9.17, 15) is 0 Å². The van der Waals surface area contributed by atoms with Crippen molar-refractivity contribution in [2.45, 2.75) is 20.0 Å². The van der Waals surface area contributed by atoms with Crippen LogP contribution in [0.15, 0.2) is 48.8 Å². The summed E-state index contributed by atoms with van der Waals surface area (Å²) in [7, 11) is 0. The molecule has 0 spiro atoms. The van der Waals surface area contributed by atoms with Crippen LogP contribution in [0.4, 0.5) is 0 Å². The standard InChI is InChI=1S/C15H16N6/c1-12-7-8-16-9-13(12)10-17-11-15-18-19-20-21(15)14-5-3-2-4-6-14/h2-9,17H,10-11H2,1H3. The van der Waals surface area contributed by atoms with Crippen molar-refractivity contribution in [2.24, 2.45) is 0 Å². The molecule has 0 saturated carbocycles. The molecular weight excluding hydrogens is 264 g/mol. The van der Waals surface area contributed by atoms with Crippen LogP contribution in [0.5, 0.6) is 0 Å². The van der Waals surface area contributed by atoms with Gasteiger partial charge in [-0.1, -0.05) is 18.2 Å². The van der Waals surface area contributed by atoms with Crippen LogP contribution >= 0.6 is 0 Å². The Morgan fingerprint density at radius 3 is 2.76 bits per heavy atom. The molecule has 0 aliphatic heterocycles. The van der Waals surface area contributed by atoms with E-state index in [0.717, 1.165) is 18.1 Å². The predicted octanol–water partition coefficient (Wildman–Crippen LogP) is 1.66. The summed E-state index contributed by atoms with van der Waals surface area (Å²) in [5.41, 5.74) is 3.35. The summed E-state index contributed by atoms with van der Waals surface area (Å²) in [4.78, 5) is 4.14. The number of aryl methyl sites for hydroxylation is 1. The first-order valence-corrected chi connectivity index (χ1v) is 6.77. The predicted molar refractivity (Wildman–Crippen MR) is 78.7 cm³/mol. The third kappa shape index (κ3) is 3.11. The zero-order valence-corrected chi connectivity index (χ0v) is 11.8. The molecule has 0 fully saturated rings. The highest BCUT2D eigenvalue weighted by Crippen LogP contribution is 2.08. The summed E-state index contributed by atoms with van der Waals surface area (Å²) >= 11 is 0. The molecule has 1 aromatic carbocycles. The average molecular weight is 280 g/mol. The molecular formula is C15H16N6. The number of hydrogen-bond acceptors (Lipinski definition) is 5. The topological polar surface area (TPSA) is 68.5 Å². The summed E-state index contributed by atoms with van der Waals surface area (Å²) in [6.45, 7) is 3.41. The molecule has 6 nitrogen and oxygen atoms in total. The number of nitrogens with one attached hydrogen (secondary N) is 1. The van der Waals surface area contributed by atoms with Crippen LogP contribution in [0.3, 0.4) is 0 Å². The van der Waals surface area contributed by atoms with E-state index in [1.807, 2.05) is 42.6 Å². The highest BCUT2D eigenvalue weighted by Gasteiger charge is 2.07. The molecule has 2 heterocycles. The SMILES string of the molecule is Cc1ccncc1CNCc1nnnn1-c1ccccc1. The normalized spacial score (nSPS) is 10.7. The summed E-state index contributed by atoms with van der Waals surface area (Å²) in [5, 5.41) is 15.2. The molecule has 0 bridgehead atoms. The lowest BCUT2D eigenvalue weighted by Gasteiger charge is -2.07. The minimum atomic E-state index is 0.593. The van der Waals surface area contributed by atoms with Crippen LogP contribution in [0.25, 0.3) is 5.69 Å². The van der Waals surface area contributed by atoms with Crippen molar-refractivity contribution in [3.05, 3.63) is 65.7 Å². The molecule has 0 atom stereocenters. The summed E-state index contributed by atoms with van der Waals surface area (Å²) < 4.78 is 1.74. The van der Waals surface area contributed by atoms with Gasteiger partial charge < -0.3 is 5.32 Å². The lowest BCUT2D eigenvalue weighted by Crippen LogP contribution is -2.17. The number of hydrogen-bond donors (Lipinski definition) is 1. The number of benzene rings is 1. The van der Waals surface area contributed by atoms with Crippen LogP contribution in [-0.2, 0) is 13.1 Å². The van der Waals surface area contributed by atoms with E-state index < -0.39 is 0 Å². The highest BCUT2D eigenvalue weighted by atomic mass is 15.5. The minimum Gasteiger partial charge on any atom is -0.306 e. The lowest BCUT2D eigenvalue weighted by atomic mass is 10.1. The lowest BCUT2D eigenvalue weighted by molar-refractivity contribution is 0.639. The Morgan fingerprint density at radius 2 is 1.95 bits per heavy atom. The fourth-order valence-electron chi connectivity index (χ4n) is 2.08. The van der Waals surface area contributed by atoms with Gasteiger partial charge in [-0.25, -0.2) is 0 Å². The molecule has 0 aliphatic rings. The summed E-state index contributed by atoms with van der Waals surface area (Å²) in [5.74, 6) is 0.780. The van der Waals surface area contributed by atoms with E-state index in [1.54, 1.807) is 10.9 Å². The first kappa shape index (κ1) is 13.4. The second kappa shape index (κ2) is 6.23. The van der Waals surface area contributed by atoms with Crippen LogP contribution in [-0.4, -0.2) is 25.2 Å². The second-order valence-electron chi connectivity index (χ2n) is 4.75. The zero-order valence-electron chi connectivity index (χ0n) is 11.8. The fourth-order valence-corrected chi connectivity index (χ4v) is 2.08. The molecule has 106 valence electrons. The van der Waals surface area contributed by atoms with Gasteiger partial charge in [0.25, 0.3) is 0 Å². The largest absolute Gasteiger partial charge is 0.306 e. The first-order valence-electron chi connectivity index (χ1n) is 6.77. The number of nitrogens with zero attached hydrogens (tertiary/aromatic N) is 5. The molecule has 1 N–H and O–H groups in total. The molecule has 0 amide bonds. The van der Waals surface area contributed by atoms with E-state index in [2.05, 4.69) is 32.7 Å². The molecule has 2 aromatic heterocycles. The van der Waals surface area contributed by atoms with Gasteiger partial charge in [-0.15, -0.1) is 5.10 Å². The maximum Gasteiger partial charge on any atom is 0.170 e. The number of aromatic nitrogens is 5. The average Bonchev–Trinajstić information content (AvgIpc) is 2.99. The number of pyridine rings is 1. The van der Waals surface area contributed by atoms with Crippen LogP contribution in [0.1, 0.15) is 17.0 Å². The quantitative estimate of drug-likeness (QED) is 0.769. The van der Waals surface area contributed by atoms with Crippen molar-refractivity contribution in [3.8, 4) is 5.69 Å². The summed E-state index contributed by atoms with van der Waals surface area (Å²) in [6, 6.07) is 11.9. The molecule has 0 aliphatic carbocycles. The Labute approximate surface area is 122 Å². The third-order valence-electron chi connectivity index (χ3n) is 3.28. The zero-order chi connectivity index (χ0) is 14.5. The Balaban J connectivity index is 1.67. The molecule has 3 aromatic rings. The van der Waals surface area contributed by atoms with Crippen LogP contribution in [0, 0.1) is 6.92 Å². The van der Waals surface area contributed by atoms with Crippen molar-refractivity contribution in [1.29, 1.82) is 0 Å². The van der Waals surface area contributed by atoms with E-state index in [4.69, 9.17) is 0 Å². The second-order valence-corrected chi connectivity index (χ2v) is 4.75. The Hall–Kier alpha value is -2.60. The monoisotopic (exact) mass is 280 g/mol. The first-order chi connectivity index (χ1) is 10.3. The van der Waals surface area contributed by atoms with Crippen LogP contribution in [0.2, 0.25) is 0 Å². The van der Waals surface area contributed by atoms with Gasteiger partial charge in [-0.05, 0) is 46.7 Å². The number of tetrazole rings is 1. The molecule has 0 saturated heterocycles. The number of rotatable bonds is 5. The Bertz CT molecular complexity index is 707. The van der Waals surface area contributed by atoms with Crippen molar-refractivity contribution < 1.29 is 0 Å². The fraction of sp³-hybridized carbons (Fsp3) is 0.200. The van der Waals surface area contributed by atoms with Gasteiger partial charge in [0, 0.05) is 18.9 Å². The third-order valence-corrected chi connectivity index (χ3v) is 3.28. The van der Waals surface area contributed by atoms with Crippen molar-refractivity contribution in [2.75, 3.05) is 0 Å². The molecule has 21 heavy (non-hydrogen) atoms. The smallest absolute Gasteiger partial charge is 0.170 e. The minimum absolute atomic E-state index is 0.593. The van der Waals surface area contributed by atoms with Gasteiger partial charge in [-0.3, -0.25) is 4.98 Å². The van der Waals surface area contributed by atoms with Gasteiger partial charge in [-0.2, -0.15) is 4.68 Å². The molecule has 0 unspecified atom stereocenters.